The zero-order chi connectivity index (χ0) is 27.0. The molecule has 2 aliphatic rings. The van der Waals surface area contributed by atoms with Gasteiger partial charge in [-0.25, -0.2) is 23.7 Å². The average molecular weight is 518 g/mol. The molecule has 0 saturated carbocycles. The summed E-state index contributed by atoms with van der Waals surface area (Å²) in [5.74, 6) is -6.16. The van der Waals surface area contributed by atoms with Gasteiger partial charge in [-0.1, -0.05) is 56.2 Å². The van der Waals surface area contributed by atoms with Gasteiger partial charge in [-0.2, -0.15) is 0 Å². The van der Waals surface area contributed by atoms with E-state index < -0.39 is 58.7 Å². The second-order valence-corrected chi connectivity index (χ2v) is 9.40. The van der Waals surface area contributed by atoms with E-state index in [0.717, 1.165) is 18.2 Å². The van der Waals surface area contributed by atoms with E-state index in [1.807, 2.05) is 6.92 Å². The highest BCUT2D eigenvalue weighted by molar-refractivity contribution is 6.31. The lowest BCUT2D eigenvalue weighted by molar-refractivity contribution is -0.144. The Hall–Kier alpha value is -4.40. The smallest absolute Gasteiger partial charge is 0.262 e. The molecule has 194 valence electrons. The van der Waals surface area contributed by atoms with Crippen LogP contribution in [0.3, 0.4) is 0 Å². The molecule has 0 radical (unpaired) electrons. The molecule has 0 aliphatic carbocycles. The summed E-state index contributed by atoms with van der Waals surface area (Å²) in [6.07, 6.45) is 0.573. The number of nitrogens with zero attached hydrogens (tertiary/aromatic N) is 3. The van der Waals surface area contributed by atoms with Gasteiger partial charge in [0.2, 0.25) is 11.8 Å². The normalized spacial score (nSPS) is 19.1. The Morgan fingerprint density at radius 1 is 0.816 bits per heavy atom. The quantitative estimate of drug-likeness (QED) is 0.326. The van der Waals surface area contributed by atoms with Crippen molar-refractivity contribution >= 4 is 40.7 Å². The third-order valence-electron chi connectivity index (χ3n) is 7.16. The molecule has 9 heteroatoms. The molecule has 2 aliphatic heterocycles. The van der Waals surface area contributed by atoms with Gasteiger partial charge in [0.05, 0.1) is 23.0 Å². The summed E-state index contributed by atoms with van der Waals surface area (Å²) in [4.78, 5) is 56.2. The number of anilines is 3. The van der Waals surface area contributed by atoms with Crippen LogP contribution in [0.25, 0.3) is 0 Å². The van der Waals surface area contributed by atoms with Crippen molar-refractivity contribution in [3.8, 4) is 0 Å². The molecule has 2 fully saturated rings. The molecule has 2 heterocycles. The van der Waals surface area contributed by atoms with Crippen LogP contribution in [0.5, 0.6) is 0 Å². The Morgan fingerprint density at radius 2 is 1.37 bits per heavy atom. The van der Waals surface area contributed by atoms with Gasteiger partial charge < -0.3 is 0 Å². The first-order valence-corrected chi connectivity index (χ1v) is 12.4. The number of rotatable bonds is 7. The van der Waals surface area contributed by atoms with Crippen LogP contribution in [0.15, 0.2) is 78.9 Å². The van der Waals surface area contributed by atoms with Crippen LogP contribution < -0.4 is 14.9 Å². The largest absolute Gasteiger partial charge is 0.274 e. The maximum absolute atomic E-state index is 14.6. The predicted octanol–water partition coefficient (Wildman–Crippen LogP) is 5.02. The third-order valence-corrected chi connectivity index (χ3v) is 7.16. The summed E-state index contributed by atoms with van der Waals surface area (Å²) in [5, 5.41) is 2.49. The number of amides is 4. The maximum Gasteiger partial charge on any atom is 0.262 e. The number of imide groups is 1. The van der Waals surface area contributed by atoms with Crippen LogP contribution in [-0.2, 0) is 19.2 Å². The van der Waals surface area contributed by atoms with Crippen molar-refractivity contribution in [3.05, 3.63) is 90.5 Å². The molecule has 0 unspecified atom stereocenters. The first-order chi connectivity index (χ1) is 18.3. The van der Waals surface area contributed by atoms with E-state index >= 15 is 0 Å². The summed E-state index contributed by atoms with van der Waals surface area (Å²) in [5.41, 5.74) is -1.62. The number of hydrazine groups is 1. The molecule has 0 N–H and O–H groups in total. The molecular formula is C29H25F2N3O4. The fraction of sp³-hybridized carbons (Fsp3) is 0.241. The predicted molar refractivity (Wildman–Crippen MR) is 137 cm³/mol. The molecule has 0 aromatic heterocycles. The Morgan fingerprint density at radius 3 is 1.89 bits per heavy atom. The Bertz CT molecular complexity index is 1360. The number of halogens is 2. The number of hydrogen-bond donors (Lipinski definition) is 0. The minimum absolute atomic E-state index is 0.0109. The average Bonchev–Trinajstić information content (AvgIpc) is 3.34. The minimum atomic E-state index is -1.91. The SMILES string of the molecule is CCCCC1([C@@H]2CC(=O)N(c3cc(F)ccc3F)C2=O)C(=O)N(c2ccccc2)N(c2ccccc2)C1=O. The lowest BCUT2D eigenvalue weighted by Crippen LogP contribution is -2.47. The highest BCUT2D eigenvalue weighted by Crippen LogP contribution is 2.50. The van der Waals surface area contributed by atoms with Crippen molar-refractivity contribution in [2.45, 2.75) is 32.6 Å². The number of hydrogen-bond acceptors (Lipinski definition) is 4. The summed E-state index contributed by atoms with van der Waals surface area (Å²) in [6, 6.07) is 19.6. The lowest BCUT2D eigenvalue weighted by atomic mass is 9.70. The zero-order valence-electron chi connectivity index (χ0n) is 20.6. The first-order valence-electron chi connectivity index (χ1n) is 12.4. The van der Waals surface area contributed by atoms with Gasteiger partial charge in [0, 0.05) is 12.5 Å². The van der Waals surface area contributed by atoms with Crippen molar-refractivity contribution < 1.29 is 28.0 Å². The van der Waals surface area contributed by atoms with E-state index in [2.05, 4.69) is 0 Å². The molecule has 38 heavy (non-hydrogen) atoms. The molecule has 2 saturated heterocycles. The number of benzene rings is 3. The third kappa shape index (κ3) is 3.86. The Kier molecular flexibility index (Phi) is 6.52. The van der Waals surface area contributed by atoms with Crippen molar-refractivity contribution in [1.29, 1.82) is 0 Å². The van der Waals surface area contributed by atoms with Crippen LogP contribution in [0.1, 0.15) is 32.6 Å². The van der Waals surface area contributed by atoms with E-state index in [9.17, 15) is 28.0 Å². The highest BCUT2D eigenvalue weighted by atomic mass is 19.1. The monoisotopic (exact) mass is 517 g/mol. The minimum Gasteiger partial charge on any atom is -0.274 e. The molecule has 0 bridgehead atoms. The maximum atomic E-state index is 14.6. The van der Waals surface area contributed by atoms with Crippen molar-refractivity contribution in [2.24, 2.45) is 11.3 Å². The molecule has 7 nitrogen and oxygen atoms in total. The Labute approximate surface area is 218 Å². The molecular weight excluding hydrogens is 492 g/mol. The van der Waals surface area contributed by atoms with E-state index in [1.165, 1.54) is 10.0 Å². The lowest BCUT2D eigenvalue weighted by Gasteiger charge is -2.29. The first kappa shape index (κ1) is 25.3. The molecule has 3 aromatic rings. The number of carbonyl (C=O) groups excluding carboxylic acids is 4. The second-order valence-electron chi connectivity index (χ2n) is 9.40. The van der Waals surface area contributed by atoms with E-state index in [-0.39, 0.29) is 6.42 Å². The fourth-order valence-electron chi connectivity index (χ4n) is 5.32. The van der Waals surface area contributed by atoms with Gasteiger partial charge in [0.25, 0.3) is 11.8 Å². The summed E-state index contributed by atoms with van der Waals surface area (Å²) in [7, 11) is 0. The molecule has 4 amide bonds. The van der Waals surface area contributed by atoms with Gasteiger partial charge in [-0.05, 0) is 42.8 Å². The van der Waals surface area contributed by atoms with Crippen molar-refractivity contribution in [1.82, 2.24) is 0 Å². The van der Waals surface area contributed by atoms with E-state index in [1.54, 1.807) is 60.7 Å². The number of carbonyl (C=O) groups is 4. The van der Waals surface area contributed by atoms with Gasteiger partial charge in [-0.15, -0.1) is 0 Å². The highest BCUT2D eigenvalue weighted by Gasteiger charge is 2.67. The zero-order valence-corrected chi connectivity index (χ0v) is 20.6. The van der Waals surface area contributed by atoms with Crippen LogP contribution >= 0.6 is 0 Å². The van der Waals surface area contributed by atoms with Gasteiger partial charge >= 0.3 is 0 Å². The van der Waals surface area contributed by atoms with Crippen molar-refractivity contribution in [3.63, 3.8) is 0 Å². The van der Waals surface area contributed by atoms with Gasteiger partial charge in [0.15, 0.2) is 0 Å². The molecule has 3 aromatic carbocycles. The second kappa shape index (κ2) is 9.81. The topological polar surface area (TPSA) is 78.0 Å². The van der Waals surface area contributed by atoms with Crippen LogP contribution in [0, 0.1) is 23.0 Å². The van der Waals surface area contributed by atoms with Crippen LogP contribution in [-0.4, -0.2) is 23.6 Å². The van der Waals surface area contributed by atoms with Crippen LogP contribution in [0.4, 0.5) is 25.8 Å². The summed E-state index contributed by atoms with van der Waals surface area (Å²) < 4.78 is 28.6. The number of unbranched alkanes of at least 4 members (excludes halogenated alkanes) is 1. The molecule has 1 atom stereocenters. The van der Waals surface area contributed by atoms with Crippen LogP contribution in [0.2, 0.25) is 0 Å². The molecule has 5 rings (SSSR count). The fourth-order valence-corrected chi connectivity index (χ4v) is 5.32. The number of para-hydroxylation sites is 2. The van der Waals surface area contributed by atoms with Crippen molar-refractivity contribution in [2.75, 3.05) is 14.9 Å². The van der Waals surface area contributed by atoms with E-state index in [4.69, 9.17) is 0 Å². The summed E-state index contributed by atoms with van der Waals surface area (Å²) >= 11 is 0. The van der Waals surface area contributed by atoms with Gasteiger partial charge in [-0.3, -0.25) is 19.2 Å². The van der Waals surface area contributed by atoms with E-state index in [0.29, 0.717) is 29.1 Å². The Balaban J connectivity index is 1.66. The summed E-state index contributed by atoms with van der Waals surface area (Å²) in [6.45, 7) is 1.89. The standard InChI is InChI=1S/C29H25F2N3O4/c1-2-3-16-29(22-18-25(35)32(26(22)36)24-17-19(30)14-15-23(24)31)27(37)33(20-10-6-4-7-11-20)34(28(29)38)21-12-8-5-9-13-21/h4-15,17,22H,2-3,16,18H2,1H3/t22-/m1/s1. The molecule has 0 spiro atoms. The van der Waals surface area contributed by atoms with Gasteiger partial charge in [0.1, 0.15) is 17.0 Å².